The molecule has 1 rings (SSSR count). The summed E-state index contributed by atoms with van der Waals surface area (Å²) in [4.78, 5) is 10.5. The van der Waals surface area contributed by atoms with Crippen molar-refractivity contribution in [1.29, 1.82) is 0 Å². The second-order valence-electron chi connectivity index (χ2n) is 4.12. The van der Waals surface area contributed by atoms with Crippen LogP contribution in [0.5, 0.6) is 0 Å². The summed E-state index contributed by atoms with van der Waals surface area (Å²) in [6, 6.07) is 3.32. The first-order valence-corrected chi connectivity index (χ1v) is 13.0. The first kappa shape index (κ1) is 22.7. The van der Waals surface area contributed by atoms with Crippen LogP contribution in [0.25, 0.3) is 0 Å². The number of alkyl halides is 6. The third-order valence-electron chi connectivity index (χ3n) is 2.54. The van der Waals surface area contributed by atoms with Gasteiger partial charge in [-0.1, -0.05) is 6.07 Å². The minimum Gasteiger partial charge on any atom is -0.295 e. The van der Waals surface area contributed by atoms with Gasteiger partial charge >= 0.3 is 0 Å². The molecule has 0 N–H and O–H groups in total. The molecular formula is C10H6Br6O5S2. The van der Waals surface area contributed by atoms with E-state index in [-0.39, 0.29) is 5.56 Å². The molecule has 0 saturated carbocycles. The molecule has 0 aliphatic rings. The largest absolute Gasteiger partial charge is 0.295 e. The number of carbonyl (C=O) groups excluding carboxylic acids is 1. The highest BCUT2D eigenvalue weighted by Crippen LogP contribution is 2.49. The number of hydrogen-bond donors (Lipinski definition) is 0. The van der Waals surface area contributed by atoms with Crippen LogP contribution in [0.15, 0.2) is 28.0 Å². The maximum atomic E-state index is 12.7. The molecule has 0 saturated heterocycles. The molecule has 0 fully saturated rings. The van der Waals surface area contributed by atoms with Gasteiger partial charge < -0.3 is 0 Å². The Hall–Kier alpha value is 1.67. The molecular weight excluding hydrogens is 744 g/mol. The van der Waals surface area contributed by atoms with Crippen molar-refractivity contribution in [2.75, 3.05) is 0 Å². The van der Waals surface area contributed by atoms with Crippen LogP contribution in [0.2, 0.25) is 0 Å². The van der Waals surface area contributed by atoms with E-state index >= 15 is 0 Å². The normalized spacial score (nSPS) is 13.9. The second kappa shape index (κ2) is 7.35. The van der Waals surface area contributed by atoms with E-state index in [1.54, 1.807) is 0 Å². The molecule has 1 aromatic carbocycles. The van der Waals surface area contributed by atoms with E-state index in [4.69, 9.17) is 0 Å². The Morgan fingerprint density at radius 2 is 1.22 bits per heavy atom. The van der Waals surface area contributed by atoms with Gasteiger partial charge in [0.25, 0.3) is 0 Å². The Morgan fingerprint density at radius 1 is 0.826 bits per heavy atom. The predicted molar refractivity (Wildman–Crippen MR) is 110 cm³/mol. The lowest BCUT2D eigenvalue weighted by Gasteiger charge is -2.20. The van der Waals surface area contributed by atoms with Crippen LogP contribution in [0.3, 0.4) is 0 Å². The highest BCUT2D eigenvalue weighted by atomic mass is 80.0. The molecule has 0 atom stereocenters. The van der Waals surface area contributed by atoms with Crippen molar-refractivity contribution in [2.45, 2.75) is 19.7 Å². The molecule has 0 heterocycles. The summed E-state index contributed by atoms with van der Waals surface area (Å²) in [5.41, 5.74) is 0.0589. The SMILES string of the molecule is CC(=O)c1ccc(S(=O)(=O)C(Br)(Br)Br)c(S(=O)(=O)C(Br)(Br)Br)c1. The fourth-order valence-corrected chi connectivity index (χ4v) is 6.89. The van der Waals surface area contributed by atoms with Gasteiger partial charge in [0.15, 0.2) is 5.78 Å². The zero-order valence-electron chi connectivity index (χ0n) is 10.9. The van der Waals surface area contributed by atoms with E-state index in [2.05, 4.69) is 95.6 Å². The topological polar surface area (TPSA) is 85.3 Å². The Bertz CT molecular complexity index is 849. The lowest BCUT2D eigenvalue weighted by atomic mass is 10.1. The monoisotopic (exact) mass is 743 g/mol. The molecule has 23 heavy (non-hydrogen) atoms. The lowest BCUT2D eigenvalue weighted by Crippen LogP contribution is -2.25. The molecule has 1 aromatic rings. The number of ketones is 1. The van der Waals surface area contributed by atoms with Gasteiger partial charge in [-0.2, -0.15) is 0 Å². The highest BCUT2D eigenvalue weighted by Gasteiger charge is 2.45. The van der Waals surface area contributed by atoms with Gasteiger partial charge in [0.2, 0.25) is 22.6 Å². The van der Waals surface area contributed by atoms with Crippen molar-refractivity contribution in [3.63, 3.8) is 0 Å². The summed E-state index contributed by atoms with van der Waals surface area (Å²) >= 11 is 17.3. The number of hydrogen-bond acceptors (Lipinski definition) is 5. The van der Waals surface area contributed by atoms with Crippen LogP contribution >= 0.6 is 95.6 Å². The van der Waals surface area contributed by atoms with Crippen molar-refractivity contribution < 1.29 is 21.6 Å². The van der Waals surface area contributed by atoms with E-state index in [0.29, 0.717) is 0 Å². The molecule has 0 unspecified atom stereocenters. The van der Waals surface area contributed by atoms with Crippen molar-refractivity contribution in [2.24, 2.45) is 0 Å². The average Bonchev–Trinajstić information content (AvgIpc) is 2.35. The van der Waals surface area contributed by atoms with Gasteiger partial charge in [-0.25, -0.2) is 16.8 Å². The van der Waals surface area contributed by atoms with Crippen molar-refractivity contribution in [3.05, 3.63) is 23.8 Å². The average molecular weight is 750 g/mol. The summed E-state index contributed by atoms with van der Waals surface area (Å²) in [6.07, 6.45) is 0. The van der Waals surface area contributed by atoms with Crippen LogP contribution in [0.1, 0.15) is 17.3 Å². The third-order valence-corrected chi connectivity index (χ3v) is 13.4. The number of sulfone groups is 2. The highest BCUT2D eigenvalue weighted by molar-refractivity contribution is 9.42. The zero-order chi connectivity index (χ0) is 18.4. The van der Waals surface area contributed by atoms with Crippen LogP contribution in [0, 0.1) is 0 Å². The third kappa shape index (κ3) is 4.69. The molecule has 13 heteroatoms. The standard InChI is InChI=1S/C10H6Br6O5S2/c1-5(17)6-2-3-7(22(18,19)9(11,12)13)8(4-6)23(20,21)10(14,15)16/h2-4H,1H3. The predicted octanol–water partition coefficient (Wildman–Crippen LogP) is 5.03. The molecule has 130 valence electrons. The van der Waals surface area contributed by atoms with Gasteiger partial charge in [0.05, 0.1) is 9.79 Å². The van der Waals surface area contributed by atoms with Gasteiger partial charge in [0.1, 0.15) is 0 Å². The summed E-state index contributed by atoms with van der Waals surface area (Å²) < 4.78 is 46.9. The van der Waals surface area contributed by atoms with E-state index in [0.717, 1.165) is 12.1 Å². The fraction of sp³-hybridized carbons (Fsp3) is 0.300. The van der Waals surface area contributed by atoms with Crippen LogP contribution in [-0.4, -0.2) is 25.6 Å². The van der Waals surface area contributed by atoms with Crippen LogP contribution < -0.4 is 0 Å². The second-order valence-corrected chi connectivity index (χ2v) is 24.9. The quantitative estimate of drug-likeness (QED) is 0.320. The summed E-state index contributed by atoms with van der Waals surface area (Å²) in [5, 5.41) is 0. The maximum absolute atomic E-state index is 12.7. The van der Waals surface area contributed by atoms with Gasteiger partial charge in [-0.3, -0.25) is 4.79 Å². The molecule has 0 bridgehead atoms. The van der Waals surface area contributed by atoms with Gasteiger partial charge in [0, 0.05) is 5.56 Å². The number of Topliss-reactive ketones (excluding diaryl/α,β-unsaturated/α-hetero) is 1. The van der Waals surface area contributed by atoms with Gasteiger partial charge in [-0.15, -0.1) is 0 Å². The summed E-state index contributed by atoms with van der Waals surface area (Å²) in [7, 11) is -8.45. The molecule has 0 radical (unpaired) electrons. The summed E-state index contributed by atoms with van der Waals surface area (Å²) in [5.74, 6) is -0.405. The smallest absolute Gasteiger partial charge is 0.239 e. The van der Waals surface area contributed by atoms with Crippen LogP contribution in [-0.2, 0) is 19.7 Å². The number of rotatable bonds is 3. The fourth-order valence-electron chi connectivity index (χ4n) is 1.41. The Balaban J connectivity index is 3.94. The number of halogens is 6. The molecule has 0 spiro atoms. The lowest BCUT2D eigenvalue weighted by molar-refractivity contribution is 0.101. The minimum atomic E-state index is -4.25. The summed E-state index contributed by atoms with van der Waals surface area (Å²) in [6.45, 7) is 1.24. The maximum Gasteiger partial charge on any atom is 0.239 e. The Labute approximate surface area is 184 Å². The molecule has 0 amide bonds. The Kier molecular flexibility index (Phi) is 7.26. The number of carbonyl (C=O) groups is 1. The van der Waals surface area contributed by atoms with Crippen molar-refractivity contribution in [3.8, 4) is 0 Å². The van der Waals surface area contributed by atoms with E-state index in [1.165, 1.54) is 13.0 Å². The van der Waals surface area contributed by atoms with Crippen molar-refractivity contribution >= 4 is 121 Å². The van der Waals surface area contributed by atoms with E-state index < -0.39 is 38.2 Å². The molecule has 0 aliphatic heterocycles. The molecule has 0 aliphatic carbocycles. The Morgan fingerprint density at radius 3 is 1.57 bits per heavy atom. The number of benzene rings is 1. The zero-order valence-corrected chi connectivity index (χ0v) is 22.0. The first-order valence-electron chi connectivity index (χ1n) is 5.31. The molecule has 0 aromatic heterocycles. The minimum absolute atomic E-state index is 0.0589. The van der Waals surface area contributed by atoms with Crippen molar-refractivity contribution in [1.82, 2.24) is 0 Å². The first-order chi connectivity index (χ1) is 10.0. The van der Waals surface area contributed by atoms with E-state index in [9.17, 15) is 21.6 Å². The van der Waals surface area contributed by atoms with Gasteiger partial charge in [-0.05, 0) is 115 Å². The van der Waals surface area contributed by atoms with Crippen LogP contribution in [0.4, 0.5) is 0 Å². The van der Waals surface area contributed by atoms with E-state index in [1.807, 2.05) is 0 Å². The molecule has 5 nitrogen and oxygen atoms in total.